The Hall–Kier alpha value is -2.88. The Morgan fingerprint density at radius 2 is 1.83 bits per heavy atom. The zero-order chi connectivity index (χ0) is 20.9. The first-order valence-electron chi connectivity index (χ1n) is 8.32. The molecule has 10 heteroatoms. The van der Waals surface area contributed by atoms with Crippen molar-refractivity contribution in [3.63, 3.8) is 0 Å². The van der Waals surface area contributed by atoms with Crippen molar-refractivity contribution in [2.24, 2.45) is 0 Å². The highest BCUT2D eigenvalue weighted by Gasteiger charge is 2.17. The predicted molar refractivity (Wildman–Crippen MR) is 119 cm³/mol. The number of anilines is 3. The minimum atomic E-state index is -3.81. The van der Waals surface area contributed by atoms with Crippen molar-refractivity contribution in [3.05, 3.63) is 72.0 Å². The Balaban J connectivity index is 1.77. The molecule has 0 aliphatic carbocycles. The number of nitrogens with one attached hydrogen (secondary N) is 3. The van der Waals surface area contributed by atoms with Crippen LogP contribution in [0.25, 0.3) is 0 Å². The average Bonchev–Trinajstić information content (AvgIpc) is 2.70. The molecule has 0 radical (unpaired) electrons. The fourth-order valence-electron chi connectivity index (χ4n) is 2.40. The number of pyridine rings is 1. The number of ether oxygens (including phenoxy) is 1. The van der Waals surface area contributed by atoms with Crippen LogP contribution in [-0.4, -0.2) is 25.6 Å². The zero-order valence-corrected chi connectivity index (χ0v) is 17.6. The molecule has 3 N–H and O–H groups in total. The fourth-order valence-corrected chi connectivity index (χ4v) is 3.82. The van der Waals surface area contributed by atoms with E-state index < -0.39 is 10.0 Å². The SMILES string of the molecule is COc1cc(S(=O)(=O)Nc2ccc(Cl)cc2)ccc1NC(=S)Nc1cccnc1. The number of rotatable bonds is 6. The Kier molecular flexibility index (Phi) is 6.53. The lowest BCUT2D eigenvalue weighted by molar-refractivity contribution is 0.415. The molecule has 0 aliphatic rings. The van der Waals surface area contributed by atoms with Gasteiger partial charge in [-0.25, -0.2) is 8.42 Å². The summed E-state index contributed by atoms with van der Waals surface area (Å²) >= 11 is 11.1. The van der Waals surface area contributed by atoms with Gasteiger partial charge in [-0.1, -0.05) is 11.6 Å². The molecule has 7 nitrogen and oxygen atoms in total. The van der Waals surface area contributed by atoms with Crippen molar-refractivity contribution in [1.82, 2.24) is 4.98 Å². The smallest absolute Gasteiger partial charge is 0.262 e. The van der Waals surface area contributed by atoms with Crippen LogP contribution in [0, 0.1) is 0 Å². The number of hydrogen-bond donors (Lipinski definition) is 3. The molecule has 0 amide bonds. The quantitative estimate of drug-likeness (QED) is 0.482. The molecule has 0 saturated heterocycles. The predicted octanol–water partition coefficient (Wildman–Crippen LogP) is 4.35. The molecule has 150 valence electrons. The van der Waals surface area contributed by atoms with Gasteiger partial charge < -0.3 is 15.4 Å². The van der Waals surface area contributed by atoms with Crippen LogP contribution < -0.4 is 20.1 Å². The molecular weight excluding hydrogens is 432 g/mol. The van der Waals surface area contributed by atoms with Crippen LogP contribution >= 0.6 is 23.8 Å². The Bertz CT molecular complexity index is 1110. The summed E-state index contributed by atoms with van der Waals surface area (Å²) < 4.78 is 33.2. The molecule has 2 aromatic carbocycles. The largest absolute Gasteiger partial charge is 0.495 e. The van der Waals surface area contributed by atoms with Crippen LogP contribution in [0.15, 0.2) is 71.9 Å². The van der Waals surface area contributed by atoms with Gasteiger partial charge in [0.1, 0.15) is 5.75 Å². The van der Waals surface area contributed by atoms with Gasteiger partial charge in [-0.3, -0.25) is 9.71 Å². The van der Waals surface area contributed by atoms with E-state index in [1.54, 1.807) is 48.8 Å². The van der Waals surface area contributed by atoms with Crippen LogP contribution in [0.2, 0.25) is 5.02 Å². The molecule has 0 atom stereocenters. The highest BCUT2D eigenvalue weighted by molar-refractivity contribution is 7.92. The topological polar surface area (TPSA) is 92.4 Å². The third-order valence-electron chi connectivity index (χ3n) is 3.75. The number of halogens is 1. The van der Waals surface area contributed by atoms with Crippen molar-refractivity contribution in [2.45, 2.75) is 4.90 Å². The van der Waals surface area contributed by atoms with E-state index in [2.05, 4.69) is 20.3 Å². The molecule has 0 saturated carbocycles. The number of methoxy groups -OCH3 is 1. The van der Waals surface area contributed by atoms with Crippen LogP contribution in [0.5, 0.6) is 5.75 Å². The van der Waals surface area contributed by atoms with Crippen LogP contribution in [0.3, 0.4) is 0 Å². The van der Waals surface area contributed by atoms with Gasteiger partial charge in [0.25, 0.3) is 10.0 Å². The molecule has 1 heterocycles. The van der Waals surface area contributed by atoms with E-state index in [-0.39, 0.29) is 4.90 Å². The second-order valence-corrected chi connectivity index (χ2v) is 8.32. The monoisotopic (exact) mass is 448 g/mol. The first-order valence-corrected chi connectivity index (χ1v) is 10.6. The molecule has 1 aromatic heterocycles. The fraction of sp³-hybridized carbons (Fsp3) is 0.0526. The lowest BCUT2D eigenvalue weighted by Gasteiger charge is -2.15. The molecule has 0 spiro atoms. The molecule has 0 bridgehead atoms. The molecule has 3 aromatic rings. The number of thiocarbonyl (C=S) groups is 1. The first-order chi connectivity index (χ1) is 13.9. The number of hydrogen-bond acceptors (Lipinski definition) is 5. The number of benzene rings is 2. The summed E-state index contributed by atoms with van der Waals surface area (Å²) in [5.74, 6) is 0.319. The van der Waals surface area contributed by atoms with E-state index in [1.807, 2.05) is 6.07 Å². The van der Waals surface area contributed by atoms with Crippen LogP contribution in [-0.2, 0) is 10.0 Å². The highest BCUT2D eigenvalue weighted by Crippen LogP contribution is 2.29. The van der Waals surface area contributed by atoms with Gasteiger partial charge >= 0.3 is 0 Å². The Morgan fingerprint density at radius 3 is 2.48 bits per heavy atom. The van der Waals surface area contributed by atoms with Gasteiger partial charge in [-0.05, 0) is 60.7 Å². The van der Waals surface area contributed by atoms with Crippen molar-refractivity contribution in [1.29, 1.82) is 0 Å². The Morgan fingerprint density at radius 1 is 1.07 bits per heavy atom. The van der Waals surface area contributed by atoms with Gasteiger partial charge in [0, 0.05) is 23.0 Å². The molecule has 0 unspecified atom stereocenters. The summed E-state index contributed by atoms with van der Waals surface area (Å²) in [6.07, 6.45) is 3.28. The normalized spacial score (nSPS) is 10.8. The maximum Gasteiger partial charge on any atom is 0.262 e. The van der Waals surface area contributed by atoms with Gasteiger partial charge in [-0.2, -0.15) is 0 Å². The third-order valence-corrected chi connectivity index (χ3v) is 5.58. The molecule has 0 fully saturated rings. The van der Waals surface area contributed by atoms with Crippen LogP contribution in [0.1, 0.15) is 0 Å². The summed E-state index contributed by atoms with van der Waals surface area (Å²) in [6, 6.07) is 14.4. The summed E-state index contributed by atoms with van der Waals surface area (Å²) in [5.41, 5.74) is 1.63. The van der Waals surface area contributed by atoms with Crippen molar-refractivity contribution in [2.75, 3.05) is 22.5 Å². The van der Waals surface area contributed by atoms with Gasteiger partial charge in [0.15, 0.2) is 5.11 Å². The standard InChI is InChI=1S/C19H17ClN4O3S2/c1-27-18-11-16(29(25,26)24-14-6-4-13(20)5-7-14)8-9-17(18)23-19(28)22-15-3-2-10-21-12-15/h2-12,24H,1H3,(H2,22,23,28). The van der Waals surface area contributed by atoms with E-state index >= 15 is 0 Å². The Labute approximate surface area is 179 Å². The zero-order valence-electron chi connectivity index (χ0n) is 15.2. The second-order valence-electron chi connectivity index (χ2n) is 5.80. The summed E-state index contributed by atoms with van der Waals surface area (Å²) in [7, 11) is -2.36. The lowest BCUT2D eigenvalue weighted by Crippen LogP contribution is -2.20. The van der Waals surface area contributed by atoms with E-state index in [0.717, 1.165) is 5.69 Å². The van der Waals surface area contributed by atoms with E-state index in [9.17, 15) is 8.42 Å². The third kappa shape index (κ3) is 5.57. The van der Waals surface area contributed by atoms with E-state index in [0.29, 0.717) is 27.3 Å². The number of aromatic nitrogens is 1. The average molecular weight is 449 g/mol. The summed E-state index contributed by atoms with van der Waals surface area (Å²) in [4.78, 5) is 4.04. The maximum absolute atomic E-state index is 12.7. The first kappa shape index (κ1) is 20.8. The molecule has 3 rings (SSSR count). The van der Waals surface area contributed by atoms with Crippen LogP contribution in [0.4, 0.5) is 17.1 Å². The van der Waals surface area contributed by atoms with Gasteiger partial charge in [0.2, 0.25) is 0 Å². The van der Waals surface area contributed by atoms with E-state index in [4.69, 9.17) is 28.6 Å². The second kappa shape index (κ2) is 9.08. The molecular formula is C19H17ClN4O3S2. The minimum Gasteiger partial charge on any atom is -0.495 e. The lowest BCUT2D eigenvalue weighted by atomic mass is 10.3. The van der Waals surface area contributed by atoms with Crippen molar-refractivity contribution >= 4 is 56.0 Å². The molecule has 0 aliphatic heterocycles. The van der Waals surface area contributed by atoms with Gasteiger partial charge in [-0.15, -0.1) is 0 Å². The number of nitrogens with zero attached hydrogens (tertiary/aromatic N) is 1. The minimum absolute atomic E-state index is 0.0426. The summed E-state index contributed by atoms with van der Waals surface area (Å²) in [5, 5.41) is 6.79. The van der Waals surface area contributed by atoms with Crippen molar-refractivity contribution in [3.8, 4) is 5.75 Å². The van der Waals surface area contributed by atoms with E-state index in [1.165, 1.54) is 19.2 Å². The maximum atomic E-state index is 12.7. The summed E-state index contributed by atoms with van der Waals surface area (Å²) in [6.45, 7) is 0. The highest BCUT2D eigenvalue weighted by atomic mass is 35.5. The molecule has 29 heavy (non-hydrogen) atoms. The van der Waals surface area contributed by atoms with Crippen molar-refractivity contribution < 1.29 is 13.2 Å². The van der Waals surface area contributed by atoms with Gasteiger partial charge in [0.05, 0.1) is 29.6 Å². The number of sulfonamides is 1.